The van der Waals surface area contributed by atoms with Crippen molar-refractivity contribution in [1.29, 1.82) is 0 Å². The zero-order valence-corrected chi connectivity index (χ0v) is 25.1. The standard InChI is InChI=1S/C35H53NO3/c1-6-35(39)22-21-31-30-19-17-26-23-28(37)18-20-29(26)33(30)27(24-34(31,35)4)15-13-11-9-7-8-10-12-14-16-32(38)36(5)25(2)3/h1,18,20,23,25,27,30-31,33,37,39H,7-17,19,21-22,24H2,2-5H3/t27-,30-,31-,33+,34-,35-/m0/s1. The van der Waals surface area contributed by atoms with Crippen LogP contribution in [0.4, 0.5) is 0 Å². The van der Waals surface area contributed by atoms with E-state index in [4.69, 9.17) is 6.42 Å². The molecule has 0 radical (unpaired) electrons. The summed E-state index contributed by atoms with van der Waals surface area (Å²) in [5.41, 5.74) is 1.59. The molecule has 4 nitrogen and oxygen atoms in total. The van der Waals surface area contributed by atoms with Crippen LogP contribution < -0.4 is 0 Å². The van der Waals surface area contributed by atoms with Gasteiger partial charge in [0.2, 0.25) is 5.91 Å². The summed E-state index contributed by atoms with van der Waals surface area (Å²) in [5.74, 6) is 5.58. The summed E-state index contributed by atoms with van der Waals surface area (Å²) >= 11 is 0. The Morgan fingerprint density at radius 1 is 1.10 bits per heavy atom. The highest BCUT2D eigenvalue weighted by atomic mass is 16.3. The summed E-state index contributed by atoms with van der Waals surface area (Å²) in [7, 11) is 1.90. The van der Waals surface area contributed by atoms with Gasteiger partial charge >= 0.3 is 0 Å². The SMILES string of the molecule is C#C[C@]1(O)CC[C@H]2[C@@H]3CCc4cc(O)ccc4[C@H]3[C@@H](CCCCCCCCCCC(=O)N(C)C(C)C)C[C@@]21C. The predicted octanol–water partition coefficient (Wildman–Crippen LogP) is 7.61. The van der Waals surface area contributed by atoms with Crippen molar-refractivity contribution in [1.82, 2.24) is 4.90 Å². The lowest BCUT2D eigenvalue weighted by molar-refractivity contribution is -0.131. The zero-order valence-electron chi connectivity index (χ0n) is 25.1. The van der Waals surface area contributed by atoms with Gasteiger partial charge in [-0.2, -0.15) is 0 Å². The number of fused-ring (bicyclic) bond motifs is 5. The molecule has 0 unspecified atom stereocenters. The number of terminal acetylenes is 1. The fourth-order valence-corrected chi connectivity index (χ4v) is 8.60. The van der Waals surface area contributed by atoms with E-state index in [1.54, 1.807) is 0 Å². The Labute approximate surface area is 238 Å². The van der Waals surface area contributed by atoms with Gasteiger partial charge < -0.3 is 15.1 Å². The Hall–Kier alpha value is -1.99. The largest absolute Gasteiger partial charge is 0.508 e. The number of aromatic hydroxyl groups is 1. The van der Waals surface area contributed by atoms with E-state index in [0.717, 1.165) is 44.9 Å². The average Bonchev–Trinajstić information content (AvgIpc) is 3.18. The number of nitrogens with zero attached hydrogens (tertiary/aromatic N) is 1. The van der Waals surface area contributed by atoms with Gasteiger partial charge in [0.05, 0.1) is 0 Å². The normalized spacial score (nSPS) is 31.3. The lowest BCUT2D eigenvalue weighted by Crippen LogP contribution is -2.52. The van der Waals surface area contributed by atoms with Crippen molar-refractivity contribution in [3.05, 3.63) is 29.3 Å². The molecule has 0 heterocycles. The van der Waals surface area contributed by atoms with Gasteiger partial charge in [-0.1, -0.05) is 63.9 Å². The molecule has 0 bridgehead atoms. The monoisotopic (exact) mass is 535 g/mol. The highest BCUT2D eigenvalue weighted by Gasteiger charge is 2.63. The maximum atomic E-state index is 12.1. The minimum absolute atomic E-state index is 0.201. The van der Waals surface area contributed by atoms with E-state index < -0.39 is 5.60 Å². The third kappa shape index (κ3) is 6.19. The van der Waals surface area contributed by atoms with Gasteiger partial charge in [0.15, 0.2) is 0 Å². The maximum Gasteiger partial charge on any atom is 0.222 e. The van der Waals surface area contributed by atoms with E-state index in [1.807, 2.05) is 24.1 Å². The van der Waals surface area contributed by atoms with Crippen LogP contribution in [0.2, 0.25) is 0 Å². The Balaban J connectivity index is 1.27. The zero-order chi connectivity index (χ0) is 28.2. The smallest absolute Gasteiger partial charge is 0.222 e. The van der Waals surface area contributed by atoms with Gasteiger partial charge in [0.1, 0.15) is 11.4 Å². The molecule has 2 N–H and O–H groups in total. The molecule has 1 aromatic carbocycles. The number of carbonyl (C=O) groups excluding carboxylic acids is 1. The molecule has 0 saturated heterocycles. The average molecular weight is 536 g/mol. The van der Waals surface area contributed by atoms with E-state index in [9.17, 15) is 15.0 Å². The first kappa shape index (κ1) is 30.0. The van der Waals surface area contributed by atoms with Gasteiger partial charge in [-0.3, -0.25) is 4.79 Å². The van der Waals surface area contributed by atoms with Crippen LogP contribution in [0.1, 0.15) is 128 Å². The Kier molecular flexibility index (Phi) is 9.74. The third-order valence-electron chi connectivity index (χ3n) is 11.1. The van der Waals surface area contributed by atoms with Crippen LogP contribution in [0, 0.1) is 35.5 Å². The molecule has 0 spiro atoms. The molecule has 2 fully saturated rings. The predicted molar refractivity (Wildman–Crippen MR) is 159 cm³/mol. The van der Waals surface area contributed by atoms with Crippen molar-refractivity contribution in [3.8, 4) is 18.1 Å². The quantitative estimate of drug-likeness (QED) is 0.214. The Morgan fingerprint density at radius 2 is 1.77 bits per heavy atom. The summed E-state index contributed by atoms with van der Waals surface area (Å²) in [6.07, 6.45) is 22.4. The molecule has 39 heavy (non-hydrogen) atoms. The molecule has 2 saturated carbocycles. The number of carbonyl (C=O) groups is 1. The van der Waals surface area contributed by atoms with E-state index in [2.05, 4.69) is 32.8 Å². The van der Waals surface area contributed by atoms with E-state index in [0.29, 0.717) is 35.8 Å². The molecular formula is C35H53NO3. The van der Waals surface area contributed by atoms with Gasteiger partial charge in [0.25, 0.3) is 0 Å². The Bertz CT molecular complexity index is 1030. The maximum absolute atomic E-state index is 12.1. The minimum atomic E-state index is -0.981. The number of aryl methyl sites for hydroxylation is 1. The van der Waals surface area contributed by atoms with Crippen molar-refractivity contribution in [3.63, 3.8) is 0 Å². The number of amides is 1. The first-order chi connectivity index (χ1) is 18.6. The van der Waals surface area contributed by atoms with Gasteiger partial charge in [-0.15, -0.1) is 6.42 Å². The van der Waals surface area contributed by atoms with Crippen LogP contribution in [0.5, 0.6) is 5.75 Å². The molecule has 0 aromatic heterocycles. The van der Waals surface area contributed by atoms with Gasteiger partial charge in [-0.05, 0) is 106 Å². The van der Waals surface area contributed by atoms with E-state index in [1.165, 1.54) is 56.1 Å². The van der Waals surface area contributed by atoms with E-state index in [-0.39, 0.29) is 17.4 Å². The number of phenolic OH excluding ortho intramolecular Hbond substituents is 1. The lowest BCUT2D eigenvalue weighted by Gasteiger charge is -2.55. The summed E-state index contributed by atoms with van der Waals surface area (Å²) in [6, 6.07) is 6.33. The summed E-state index contributed by atoms with van der Waals surface area (Å²) in [4.78, 5) is 14.0. The van der Waals surface area contributed by atoms with E-state index >= 15 is 0 Å². The summed E-state index contributed by atoms with van der Waals surface area (Å²) in [6.45, 7) is 6.41. The van der Waals surface area contributed by atoms with Crippen molar-refractivity contribution in [2.75, 3.05) is 7.05 Å². The second-order valence-electron chi connectivity index (χ2n) is 13.6. The van der Waals surface area contributed by atoms with Gasteiger partial charge in [-0.25, -0.2) is 0 Å². The molecule has 3 aliphatic carbocycles. The van der Waals surface area contributed by atoms with Crippen molar-refractivity contribution in [2.24, 2.45) is 23.2 Å². The van der Waals surface area contributed by atoms with Crippen LogP contribution in [0.25, 0.3) is 0 Å². The van der Waals surface area contributed by atoms with Crippen LogP contribution in [-0.2, 0) is 11.2 Å². The number of unbranched alkanes of at least 4 members (excludes halogenated alkanes) is 7. The fourth-order valence-electron chi connectivity index (χ4n) is 8.60. The van der Waals surface area contributed by atoms with Crippen molar-refractivity contribution < 1.29 is 15.0 Å². The number of rotatable bonds is 12. The van der Waals surface area contributed by atoms with Gasteiger partial charge in [0, 0.05) is 24.9 Å². The first-order valence-electron chi connectivity index (χ1n) is 15.9. The first-order valence-corrected chi connectivity index (χ1v) is 15.9. The molecule has 6 atom stereocenters. The highest BCUT2D eigenvalue weighted by Crippen LogP contribution is 2.66. The molecule has 3 aliphatic rings. The molecule has 4 rings (SSSR count). The number of phenols is 1. The molecule has 0 aliphatic heterocycles. The van der Waals surface area contributed by atoms with Crippen LogP contribution >= 0.6 is 0 Å². The third-order valence-corrected chi connectivity index (χ3v) is 11.1. The van der Waals surface area contributed by atoms with Crippen molar-refractivity contribution in [2.45, 2.75) is 135 Å². The molecule has 1 amide bonds. The fraction of sp³-hybridized carbons (Fsp3) is 0.743. The molecule has 1 aromatic rings. The number of hydrogen-bond donors (Lipinski definition) is 2. The van der Waals surface area contributed by atoms with Crippen molar-refractivity contribution >= 4 is 5.91 Å². The Morgan fingerprint density at radius 3 is 2.44 bits per heavy atom. The molecule has 216 valence electrons. The van der Waals surface area contributed by atoms with Crippen LogP contribution in [0.15, 0.2) is 18.2 Å². The lowest BCUT2D eigenvalue weighted by atomic mass is 9.49. The number of aliphatic hydroxyl groups is 1. The highest BCUT2D eigenvalue weighted by molar-refractivity contribution is 5.76. The second-order valence-corrected chi connectivity index (χ2v) is 13.6. The minimum Gasteiger partial charge on any atom is -0.508 e. The number of benzene rings is 1. The molecular weight excluding hydrogens is 482 g/mol. The molecule has 4 heteroatoms. The summed E-state index contributed by atoms with van der Waals surface area (Å²) in [5, 5.41) is 21.6. The van der Waals surface area contributed by atoms with Crippen LogP contribution in [0.3, 0.4) is 0 Å². The topological polar surface area (TPSA) is 60.8 Å². The number of hydrogen-bond acceptors (Lipinski definition) is 3. The second kappa shape index (κ2) is 12.7. The summed E-state index contributed by atoms with van der Waals surface area (Å²) < 4.78 is 0. The van der Waals surface area contributed by atoms with Crippen LogP contribution in [-0.4, -0.2) is 39.7 Å².